The molecule has 3 nitrogen and oxygen atoms in total. The highest BCUT2D eigenvalue weighted by molar-refractivity contribution is 5.33. The molecule has 2 aromatic rings. The molecule has 4 heteroatoms. The summed E-state index contributed by atoms with van der Waals surface area (Å²) in [6.45, 7) is 4.52. The maximum atomic E-state index is 13.0. The van der Waals surface area contributed by atoms with Crippen LogP contribution in [0.1, 0.15) is 29.7 Å². The molecular formula is C13H15FN2O. The fraction of sp³-hybridized carbons (Fsp3) is 0.308. The van der Waals surface area contributed by atoms with Gasteiger partial charge in [0.05, 0.1) is 6.20 Å². The summed E-state index contributed by atoms with van der Waals surface area (Å²) in [5.41, 5.74) is 2.17. The molecule has 1 atom stereocenters. The summed E-state index contributed by atoms with van der Waals surface area (Å²) < 4.78 is 14.7. The van der Waals surface area contributed by atoms with Crippen LogP contribution in [0.15, 0.2) is 30.6 Å². The van der Waals surface area contributed by atoms with E-state index < -0.39 is 6.10 Å². The van der Waals surface area contributed by atoms with Gasteiger partial charge in [-0.2, -0.15) is 5.10 Å². The molecule has 0 aliphatic rings. The smallest absolute Gasteiger partial charge is 0.123 e. The van der Waals surface area contributed by atoms with Crippen LogP contribution in [-0.4, -0.2) is 14.9 Å². The number of aliphatic hydroxyl groups excluding tert-OH is 1. The van der Waals surface area contributed by atoms with Gasteiger partial charge in [-0.25, -0.2) is 4.39 Å². The molecule has 17 heavy (non-hydrogen) atoms. The van der Waals surface area contributed by atoms with Crippen LogP contribution in [0.2, 0.25) is 0 Å². The van der Waals surface area contributed by atoms with E-state index in [1.54, 1.807) is 30.1 Å². The normalized spacial score (nSPS) is 12.7. The molecule has 0 bridgehead atoms. The third-order valence-electron chi connectivity index (χ3n) is 2.82. The zero-order valence-electron chi connectivity index (χ0n) is 9.89. The zero-order valence-corrected chi connectivity index (χ0v) is 9.89. The van der Waals surface area contributed by atoms with Gasteiger partial charge in [0.2, 0.25) is 0 Å². The van der Waals surface area contributed by atoms with E-state index in [1.807, 2.05) is 6.92 Å². The first-order valence-corrected chi connectivity index (χ1v) is 5.58. The van der Waals surface area contributed by atoms with Crippen molar-refractivity contribution in [2.24, 2.45) is 0 Å². The Balaban J connectivity index is 2.33. The zero-order chi connectivity index (χ0) is 12.4. The summed E-state index contributed by atoms with van der Waals surface area (Å²) in [4.78, 5) is 0. The van der Waals surface area contributed by atoms with Gasteiger partial charge in [0.1, 0.15) is 11.9 Å². The molecule has 0 radical (unpaired) electrons. The predicted molar refractivity (Wildman–Crippen MR) is 63.1 cm³/mol. The maximum absolute atomic E-state index is 13.0. The minimum absolute atomic E-state index is 0.289. The molecule has 0 saturated heterocycles. The monoisotopic (exact) mass is 234 g/mol. The molecule has 1 heterocycles. The largest absolute Gasteiger partial charge is 0.384 e. The van der Waals surface area contributed by atoms with Gasteiger partial charge >= 0.3 is 0 Å². The second-order valence-electron chi connectivity index (χ2n) is 4.03. The molecule has 1 unspecified atom stereocenters. The molecule has 1 N–H and O–H groups in total. The number of aromatic nitrogens is 2. The summed E-state index contributed by atoms with van der Waals surface area (Å²) in [5.74, 6) is -0.289. The standard InChI is InChI=1S/C13H15FN2O/c1-3-16-8-10(7-15-16)13(17)12-5-4-11(14)6-9(12)2/h4-8,13,17H,3H2,1-2H3. The van der Waals surface area contributed by atoms with Gasteiger partial charge in [-0.1, -0.05) is 6.07 Å². The fourth-order valence-corrected chi connectivity index (χ4v) is 1.82. The van der Waals surface area contributed by atoms with Crippen LogP contribution >= 0.6 is 0 Å². The van der Waals surface area contributed by atoms with Crippen molar-refractivity contribution in [2.45, 2.75) is 26.5 Å². The average Bonchev–Trinajstić information content (AvgIpc) is 2.76. The Morgan fingerprint density at radius 3 is 2.82 bits per heavy atom. The van der Waals surface area contributed by atoms with Gasteiger partial charge < -0.3 is 5.11 Å². The highest BCUT2D eigenvalue weighted by Crippen LogP contribution is 2.24. The lowest BCUT2D eigenvalue weighted by molar-refractivity contribution is 0.219. The number of hydrogen-bond donors (Lipinski definition) is 1. The van der Waals surface area contributed by atoms with Crippen molar-refractivity contribution in [3.63, 3.8) is 0 Å². The molecule has 1 aromatic carbocycles. The second-order valence-corrected chi connectivity index (χ2v) is 4.03. The Morgan fingerprint density at radius 2 is 2.24 bits per heavy atom. The Kier molecular flexibility index (Phi) is 3.24. The quantitative estimate of drug-likeness (QED) is 0.885. The molecule has 0 fully saturated rings. The van der Waals surface area contributed by atoms with Crippen LogP contribution in [0.5, 0.6) is 0 Å². The van der Waals surface area contributed by atoms with Crippen molar-refractivity contribution in [2.75, 3.05) is 0 Å². The summed E-state index contributed by atoms with van der Waals surface area (Å²) >= 11 is 0. The van der Waals surface area contributed by atoms with Crippen molar-refractivity contribution in [1.29, 1.82) is 0 Å². The minimum Gasteiger partial charge on any atom is -0.384 e. The first-order valence-electron chi connectivity index (χ1n) is 5.58. The lowest BCUT2D eigenvalue weighted by Crippen LogP contribution is -2.01. The SMILES string of the molecule is CCn1cc(C(O)c2ccc(F)cc2C)cn1. The van der Waals surface area contributed by atoms with Crippen LogP contribution in [0, 0.1) is 12.7 Å². The average molecular weight is 234 g/mol. The topological polar surface area (TPSA) is 38.0 Å². The van der Waals surface area contributed by atoms with E-state index in [2.05, 4.69) is 5.10 Å². The number of benzene rings is 1. The first kappa shape index (κ1) is 11.8. The molecule has 0 spiro atoms. The molecule has 1 aromatic heterocycles. The van der Waals surface area contributed by atoms with Gasteiger partial charge in [-0.3, -0.25) is 4.68 Å². The lowest BCUT2D eigenvalue weighted by Gasteiger charge is -2.11. The van der Waals surface area contributed by atoms with Crippen LogP contribution in [0.3, 0.4) is 0 Å². The van der Waals surface area contributed by atoms with Crippen molar-refractivity contribution >= 4 is 0 Å². The van der Waals surface area contributed by atoms with Crippen molar-refractivity contribution in [3.05, 3.63) is 53.1 Å². The lowest BCUT2D eigenvalue weighted by atomic mass is 10.00. The second kappa shape index (κ2) is 4.67. The van der Waals surface area contributed by atoms with Crippen LogP contribution in [0.4, 0.5) is 4.39 Å². The van der Waals surface area contributed by atoms with Gasteiger partial charge in [0, 0.05) is 18.3 Å². The number of halogens is 1. The Labute approximate surface area is 99.5 Å². The summed E-state index contributed by atoms with van der Waals surface area (Å²) in [6, 6.07) is 4.39. The molecular weight excluding hydrogens is 219 g/mol. The molecule has 0 aliphatic carbocycles. The first-order chi connectivity index (χ1) is 8.11. The predicted octanol–water partition coefficient (Wildman–Crippen LogP) is 2.43. The third kappa shape index (κ3) is 2.36. The van der Waals surface area contributed by atoms with Crippen LogP contribution in [0.25, 0.3) is 0 Å². The molecule has 0 amide bonds. The third-order valence-corrected chi connectivity index (χ3v) is 2.82. The van der Waals surface area contributed by atoms with Crippen molar-refractivity contribution < 1.29 is 9.50 Å². The molecule has 90 valence electrons. The highest BCUT2D eigenvalue weighted by Gasteiger charge is 2.14. The van der Waals surface area contributed by atoms with E-state index in [0.717, 1.165) is 17.7 Å². The van der Waals surface area contributed by atoms with E-state index in [9.17, 15) is 9.50 Å². The van der Waals surface area contributed by atoms with Crippen LogP contribution < -0.4 is 0 Å². The summed E-state index contributed by atoms with van der Waals surface area (Å²) in [6.07, 6.45) is 2.68. The van der Waals surface area contributed by atoms with E-state index in [4.69, 9.17) is 0 Å². The summed E-state index contributed by atoms with van der Waals surface area (Å²) in [5, 5.41) is 14.3. The molecule has 0 aliphatic heterocycles. The number of aliphatic hydroxyl groups is 1. The van der Waals surface area contributed by atoms with Gasteiger partial charge in [0.15, 0.2) is 0 Å². The highest BCUT2D eigenvalue weighted by atomic mass is 19.1. The van der Waals surface area contributed by atoms with Crippen molar-refractivity contribution in [1.82, 2.24) is 9.78 Å². The van der Waals surface area contributed by atoms with E-state index in [0.29, 0.717) is 5.56 Å². The number of hydrogen-bond acceptors (Lipinski definition) is 2. The Morgan fingerprint density at radius 1 is 1.47 bits per heavy atom. The van der Waals surface area contributed by atoms with E-state index >= 15 is 0 Å². The minimum atomic E-state index is -0.754. The van der Waals surface area contributed by atoms with E-state index in [-0.39, 0.29) is 5.82 Å². The van der Waals surface area contributed by atoms with Gasteiger partial charge in [-0.15, -0.1) is 0 Å². The summed E-state index contributed by atoms with van der Waals surface area (Å²) in [7, 11) is 0. The number of aryl methyl sites for hydroxylation is 2. The number of rotatable bonds is 3. The maximum Gasteiger partial charge on any atom is 0.123 e. The molecule has 0 saturated carbocycles. The Bertz CT molecular complexity index is 522. The van der Waals surface area contributed by atoms with Gasteiger partial charge in [0.25, 0.3) is 0 Å². The van der Waals surface area contributed by atoms with Crippen LogP contribution in [-0.2, 0) is 6.54 Å². The number of nitrogens with zero attached hydrogens (tertiary/aromatic N) is 2. The van der Waals surface area contributed by atoms with Gasteiger partial charge in [-0.05, 0) is 37.1 Å². The fourth-order valence-electron chi connectivity index (χ4n) is 1.82. The van der Waals surface area contributed by atoms with E-state index in [1.165, 1.54) is 12.1 Å². The van der Waals surface area contributed by atoms with Crippen molar-refractivity contribution in [3.8, 4) is 0 Å². The molecule has 2 rings (SSSR count). The Hall–Kier alpha value is -1.68.